The van der Waals surface area contributed by atoms with E-state index in [4.69, 9.17) is 0 Å². The standard InChI is InChI=1S/C13H17BrO3S/c1-3-18(16,17)8-4-5-13(15)11-9-10(2)6-7-12(11)14/h6-7,9H,3-5,8H2,1-2H3. The van der Waals surface area contributed by atoms with Crippen molar-refractivity contribution in [3.05, 3.63) is 33.8 Å². The number of rotatable bonds is 6. The SMILES string of the molecule is CCS(=O)(=O)CCCC(=O)c1cc(C)ccc1Br. The second-order valence-electron chi connectivity index (χ2n) is 4.25. The van der Waals surface area contributed by atoms with Gasteiger partial charge in [0.25, 0.3) is 0 Å². The van der Waals surface area contributed by atoms with Crippen LogP contribution in [0.4, 0.5) is 0 Å². The molecule has 0 aliphatic rings. The van der Waals surface area contributed by atoms with Gasteiger partial charge < -0.3 is 0 Å². The molecule has 0 fully saturated rings. The van der Waals surface area contributed by atoms with Gasteiger partial charge in [0.05, 0.1) is 5.75 Å². The number of carbonyl (C=O) groups excluding carboxylic acids is 1. The van der Waals surface area contributed by atoms with E-state index in [1.807, 2.05) is 25.1 Å². The molecule has 1 aromatic carbocycles. The van der Waals surface area contributed by atoms with Gasteiger partial charge in [-0.3, -0.25) is 4.79 Å². The van der Waals surface area contributed by atoms with E-state index in [2.05, 4.69) is 15.9 Å². The van der Waals surface area contributed by atoms with Crippen LogP contribution in [0.2, 0.25) is 0 Å². The van der Waals surface area contributed by atoms with Crippen LogP contribution in [0, 0.1) is 6.92 Å². The molecule has 0 bridgehead atoms. The molecular weight excluding hydrogens is 316 g/mol. The van der Waals surface area contributed by atoms with Crippen LogP contribution >= 0.6 is 15.9 Å². The number of Topliss-reactive ketones (excluding diaryl/α,β-unsaturated/α-hetero) is 1. The third-order valence-corrected chi connectivity index (χ3v) is 5.20. The van der Waals surface area contributed by atoms with Gasteiger partial charge in [-0.1, -0.05) is 34.5 Å². The summed E-state index contributed by atoms with van der Waals surface area (Å²) in [6.45, 7) is 3.54. The topological polar surface area (TPSA) is 51.2 Å². The van der Waals surface area contributed by atoms with Crippen LogP contribution in [-0.4, -0.2) is 25.7 Å². The highest BCUT2D eigenvalue weighted by Gasteiger charge is 2.13. The van der Waals surface area contributed by atoms with Gasteiger partial charge in [-0.15, -0.1) is 0 Å². The molecule has 0 atom stereocenters. The average molecular weight is 333 g/mol. The summed E-state index contributed by atoms with van der Waals surface area (Å²) in [5.41, 5.74) is 1.65. The van der Waals surface area contributed by atoms with Gasteiger partial charge in [-0.2, -0.15) is 0 Å². The Morgan fingerprint density at radius 2 is 2.00 bits per heavy atom. The van der Waals surface area contributed by atoms with Crippen LogP contribution in [0.5, 0.6) is 0 Å². The van der Waals surface area contributed by atoms with Crippen molar-refractivity contribution in [1.82, 2.24) is 0 Å². The molecule has 100 valence electrons. The molecule has 0 saturated carbocycles. The smallest absolute Gasteiger partial charge is 0.164 e. The van der Waals surface area contributed by atoms with Crippen molar-refractivity contribution in [2.45, 2.75) is 26.7 Å². The predicted molar refractivity (Wildman–Crippen MR) is 76.8 cm³/mol. The van der Waals surface area contributed by atoms with E-state index in [1.165, 1.54) is 0 Å². The molecule has 0 aliphatic heterocycles. The van der Waals surface area contributed by atoms with Crippen LogP contribution in [0.25, 0.3) is 0 Å². The highest BCUT2D eigenvalue weighted by Crippen LogP contribution is 2.20. The van der Waals surface area contributed by atoms with Crippen molar-refractivity contribution in [3.8, 4) is 0 Å². The van der Waals surface area contributed by atoms with E-state index in [1.54, 1.807) is 6.92 Å². The summed E-state index contributed by atoms with van der Waals surface area (Å²) in [7, 11) is -2.98. The van der Waals surface area contributed by atoms with Gasteiger partial charge in [-0.05, 0) is 25.5 Å². The Kier molecular flexibility index (Phi) is 5.53. The molecule has 0 amide bonds. The lowest BCUT2D eigenvalue weighted by molar-refractivity contribution is 0.0981. The zero-order valence-corrected chi connectivity index (χ0v) is 13.0. The molecule has 0 spiro atoms. The number of sulfone groups is 1. The lowest BCUT2D eigenvalue weighted by atomic mass is 10.0. The molecule has 0 saturated heterocycles. The van der Waals surface area contributed by atoms with Gasteiger partial charge in [0.1, 0.15) is 9.84 Å². The molecule has 1 aromatic rings. The Balaban J connectivity index is 2.64. The highest BCUT2D eigenvalue weighted by molar-refractivity contribution is 9.10. The van der Waals surface area contributed by atoms with Crippen molar-refractivity contribution in [1.29, 1.82) is 0 Å². The molecule has 0 radical (unpaired) electrons. The second kappa shape index (κ2) is 6.48. The maximum atomic E-state index is 12.0. The van der Waals surface area contributed by atoms with Crippen LogP contribution in [0.3, 0.4) is 0 Å². The van der Waals surface area contributed by atoms with Crippen molar-refractivity contribution in [3.63, 3.8) is 0 Å². The van der Waals surface area contributed by atoms with Gasteiger partial charge in [0.2, 0.25) is 0 Å². The first-order chi connectivity index (χ1) is 8.35. The van der Waals surface area contributed by atoms with Crippen molar-refractivity contribution in [2.24, 2.45) is 0 Å². The highest BCUT2D eigenvalue weighted by atomic mass is 79.9. The zero-order chi connectivity index (χ0) is 13.8. The molecule has 0 heterocycles. The molecule has 0 N–H and O–H groups in total. The number of hydrogen-bond acceptors (Lipinski definition) is 3. The summed E-state index contributed by atoms with van der Waals surface area (Å²) in [5.74, 6) is 0.199. The monoisotopic (exact) mass is 332 g/mol. The lowest BCUT2D eigenvalue weighted by Crippen LogP contribution is -2.10. The molecular formula is C13H17BrO3S. The fourth-order valence-corrected chi connectivity index (χ4v) is 2.93. The summed E-state index contributed by atoms with van der Waals surface area (Å²) in [4.78, 5) is 12.0. The van der Waals surface area contributed by atoms with E-state index in [0.29, 0.717) is 12.0 Å². The van der Waals surface area contributed by atoms with Crippen molar-refractivity contribution in [2.75, 3.05) is 11.5 Å². The summed E-state index contributed by atoms with van der Waals surface area (Å²) in [5, 5.41) is 0. The van der Waals surface area contributed by atoms with Gasteiger partial charge in [-0.25, -0.2) is 8.42 Å². The number of benzene rings is 1. The number of aryl methyl sites for hydroxylation is 1. The van der Waals surface area contributed by atoms with Crippen LogP contribution in [-0.2, 0) is 9.84 Å². The molecule has 0 aliphatic carbocycles. The summed E-state index contributed by atoms with van der Waals surface area (Å²) < 4.78 is 23.4. The Morgan fingerprint density at radius 1 is 1.33 bits per heavy atom. The summed E-state index contributed by atoms with van der Waals surface area (Å²) in [6, 6.07) is 5.58. The fraction of sp³-hybridized carbons (Fsp3) is 0.462. The van der Waals surface area contributed by atoms with E-state index in [9.17, 15) is 13.2 Å². The summed E-state index contributed by atoms with van der Waals surface area (Å²) in [6.07, 6.45) is 0.649. The largest absolute Gasteiger partial charge is 0.294 e. The Bertz CT molecular complexity index is 535. The Labute approximate surface area is 117 Å². The minimum Gasteiger partial charge on any atom is -0.294 e. The number of halogens is 1. The third-order valence-electron chi connectivity index (χ3n) is 2.72. The van der Waals surface area contributed by atoms with E-state index in [-0.39, 0.29) is 23.7 Å². The third kappa shape index (κ3) is 4.53. The first kappa shape index (κ1) is 15.4. The second-order valence-corrected chi connectivity index (χ2v) is 7.57. The summed E-state index contributed by atoms with van der Waals surface area (Å²) >= 11 is 3.34. The number of ketones is 1. The molecule has 0 unspecified atom stereocenters. The minimum atomic E-state index is -2.98. The predicted octanol–water partition coefficient (Wildman–Crippen LogP) is 3.16. The zero-order valence-electron chi connectivity index (χ0n) is 10.6. The first-order valence-electron chi connectivity index (χ1n) is 5.85. The average Bonchev–Trinajstić information content (AvgIpc) is 2.32. The quantitative estimate of drug-likeness (QED) is 0.752. The molecule has 1 rings (SSSR count). The van der Waals surface area contributed by atoms with E-state index >= 15 is 0 Å². The van der Waals surface area contributed by atoms with Crippen LogP contribution < -0.4 is 0 Å². The van der Waals surface area contributed by atoms with E-state index in [0.717, 1.165) is 10.0 Å². The van der Waals surface area contributed by atoms with Gasteiger partial charge in [0.15, 0.2) is 5.78 Å². The molecule has 18 heavy (non-hydrogen) atoms. The van der Waals surface area contributed by atoms with Crippen LogP contribution in [0.1, 0.15) is 35.7 Å². The minimum absolute atomic E-state index is 0.0168. The maximum Gasteiger partial charge on any atom is 0.164 e. The van der Waals surface area contributed by atoms with Crippen molar-refractivity contribution >= 4 is 31.6 Å². The Hall–Kier alpha value is -0.680. The fourth-order valence-electron chi connectivity index (χ4n) is 1.58. The van der Waals surface area contributed by atoms with E-state index < -0.39 is 9.84 Å². The van der Waals surface area contributed by atoms with Gasteiger partial charge >= 0.3 is 0 Å². The first-order valence-corrected chi connectivity index (χ1v) is 8.47. The number of carbonyl (C=O) groups is 1. The number of hydrogen-bond donors (Lipinski definition) is 0. The normalized spacial score (nSPS) is 11.5. The van der Waals surface area contributed by atoms with Crippen molar-refractivity contribution < 1.29 is 13.2 Å². The maximum absolute atomic E-state index is 12.0. The van der Waals surface area contributed by atoms with Gasteiger partial charge in [0, 0.05) is 22.2 Å². The lowest BCUT2D eigenvalue weighted by Gasteiger charge is -2.05. The molecule has 5 heteroatoms. The Morgan fingerprint density at radius 3 is 2.61 bits per heavy atom. The molecule has 3 nitrogen and oxygen atoms in total. The van der Waals surface area contributed by atoms with Crippen LogP contribution in [0.15, 0.2) is 22.7 Å². The molecule has 0 aromatic heterocycles.